The zero-order valence-electron chi connectivity index (χ0n) is 32.7. The number of amides is 1. The zero-order chi connectivity index (χ0) is 36.5. The molecule has 0 bridgehead atoms. The van der Waals surface area contributed by atoms with E-state index in [1.807, 2.05) is 27.2 Å². The average Bonchev–Trinajstić information content (AvgIpc) is 3.04. The highest BCUT2D eigenvalue weighted by molar-refractivity contribution is 7.47. The van der Waals surface area contributed by atoms with Crippen LogP contribution in [-0.2, 0) is 18.4 Å². The van der Waals surface area contributed by atoms with E-state index in [0.717, 1.165) is 38.5 Å². The number of rotatable bonds is 36. The van der Waals surface area contributed by atoms with Crippen molar-refractivity contribution in [1.82, 2.24) is 5.32 Å². The van der Waals surface area contributed by atoms with Crippen molar-refractivity contribution in [3.8, 4) is 0 Å². The van der Waals surface area contributed by atoms with Crippen LogP contribution in [0.15, 0.2) is 24.3 Å². The normalized spacial score (nSPS) is 14.8. The molecular formula is C40H80N2O6P+. The minimum Gasteiger partial charge on any atom is -0.387 e. The Morgan fingerprint density at radius 2 is 1.12 bits per heavy atom. The van der Waals surface area contributed by atoms with Crippen molar-refractivity contribution < 1.29 is 32.9 Å². The van der Waals surface area contributed by atoms with E-state index in [9.17, 15) is 19.4 Å². The lowest BCUT2D eigenvalue weighted by Crippen LogP contribution is -2.45. The van der Waals surface area contributed by atoms with Crippen molar-refractivity contribution in [3.63, 3.8) is 0 Å². The summed E-state index contributed by atoms with van der Waals surface area (Å²) in [4.78, 5) is 23.0. The molecule has 8 nitrogen and oxygen atoms in total. The van der Waals surface area contributed by atoms with E-state index in [-0.39, 0.29) is 19.1 Å². The average molecular weight is 716 g/mol. The summed E-state index contributed by atoms with van der Waals surface area (Å²) in [6.45, 7) is 4.77. The van der Waals surface area contributed by atoms with Crippen molar-refractivity contribution in [2.45, 2.75) is 187 Å². The summed E-state index contributed by atoms with van der Waals surface area (Å²) >= 11 is 0. The molecule has 0 saturated heterocycles. The minimum atomic E-state index is -4.33. The molecule has 0 saturated carbocycles. The summed E-state index contributed by atoms with van der Waals surface area (Å²) in [5.41, 5.74) is 0. The van der Waals surface area contributed by atoms with Crippen LogP contribution in [0.3, 0.4) is 0 Å². The molecule has 0 heterocycles. The Morgan fingerprint density at radius 3 is 1.63 bits per heavy atom. The second kappa shape index (κ2) is 32.9. The predicted molar refractivity (Wildman–Crippen MR) is 208 cm³/mol. The van der Waals surface area contributed by atoms with Crippen LogP contribution in [0.5, 0.6) is 0 Å². The number of hydrogen-bond donors (Lipinski definition) is 3. The number of nitrogens with zero attached hydrogens (tertiary/aromatic N) is 1. The SMILES string of the molecule is CCCCCCCC/C=C/CC/C=C/[C@@H](O)[C@H](COP(=O)(O)OCC[N+](C)(C)C)NC(=O)CCCCCCCCCCCCCCCCC. The molecule has 1 unspecified atom stereocenters. The first kappa shape index (κ1) is 48.0. The van der Waals surface area contributed by atoms with Gasteiger partial charge in [-0.05, 0) is 32.1 Å². The maximum atomic E-state index is 12.8. The predicted octanol–water partition coefficient (Wildman–Crippen LogP) is 10.6. The van der Waals surface area contributed by atoms with Crippen LogP contribution in [0.1, 0.15) is 174 Å². The molecule has 0 rings (SSSR count). The van der Waals surface area contributed by atoms with Crippen molar-refractivity contribution >= 4 is 13.7 Å². The van der Waals surface area contributed by atoms with Gasteiger partial charge < -0.3 is 19.8 Å². The van der Waals surface area contributed by atoms with E-state index in [1.54, 1.807) is 6.08 Å². The van der Waals surface area contributed by atoms with Gasteiger partial charge in [0, 0.05) is 6.42 Å². The van der Waals surface area contributed by atoms with E-state index in [4.69, 9.17) is 9.05 Å². The highest BCUT2D eigenvalue weighted by atomic mass is 31.2. The van der Waals surface area contributed by atoms with Crippen LogP contribution < -0.4 is 5.32 Å². The third-order valence-electron chi connectivity index (χ3n) is 8.92. The number of aliphatic hydroxyl groups is 1. The Bertz CT molecular complexity index is 860. The smallest absolute Gasteiger partial charge is 0.387 e. The van der Waals surface area contributed by atoms with Gasteiger partial charge in [0.05, 0.1) is 39.9 Å². The summed E-state index contributed by atoms with van der Waals surface area (Å²) in [6.07, 6.45) is 36.7. The summed E-state index contributed by atoms with van der Waals surface area (Å²) < 4.78 is 23.4. The van der Waals surface area contributed by atoms with Gasteiger partial charge >= 0.3 is 7.82 Å². The number of phosphoric acid groups is 1. The third kappa shape index (κ3) is 35.2. The Hall–Kier alpha value is -1.02. The Balaban J connectivity index is 4.51. The van der Waals surface area contributed by atoms with Gasteiger partial charge in [-0.2, -0.15) is 0 Å². The minimum absolute atomic E-state index is 0.0579. The van der Waals surface area contributed by atoms with E-state index in [0.29, 0.717) is 17.4 Å². The number of phosphoric ester groups is 1. The Morgan fingerprint density at radius 1 is 0.673 bits per heavy atom. The van der Waals surface area contributed by atoms with Crippen molar-refractivity contribution in [2.24, 2.45) is 0 Å². The molecule has 0 aromatic rings. The fourth-order valence-corrected chi connectivity index (χ4v) is 6.38. The van der Waals surface area contributed by atoms with Gasteiger partial charge in [0.2, 0.25) is 5.91 Å². The summed E-state index contributed by atoms with van der Waals surface area (Å²) in [7, 11) is 1.56. The molecule has 0 aromatic carbocycles. The van der Waals surface area contributed by atoms with E-state index < -0.39 is 20.0 Å². The second-order valence-electron chi connectivity index (χ2n) is 15.0. The number of carbonyl (C=O) groups excluding carboxylic acids is 1. The number of aliphatic hydroxyl groups excluding tert-OH is 1. The molecule has 1 amide bonds. The lowest BCUT2D eigenvalue weighted by atomic mass is 10.0. The zero-order valence-corrected chi connectivity index (χ0v) is 33.6. The molecule has 0 aliphatic carbocycles. The Labute approximate surface area is 303 Å². The monoisotopic (exact) mass is 716 g/mol. The molecule has 49 heavy (non-hydrogen) atoms. The van der Waals surface area contributed by atoms with Gasteiger partial charge in [-0.25, -0.2) is 4.57 Å². The van der Waals surface area contributed by atoms with E-state index in [2.05, 4.69) is 31.3 Å². The van der Waals surface area contributed by atoms with Gasteiger partial charge in [0.25, 0.3) is 0 Å². The fraction of sp³-hybridized carbons (Fsp3) is 0.875. The Kier molecular flexibility index (Phi) is 32.2. The maximum Gasteiger partial charge on any atom is 0.472 e. The maximum absolute atomic E-state index is 12.8. The molecule has 0 spiro atoms. The largest absolute Gasteiger partial charge is 0.472 e. The third-order valence-corrected chi connectivity index (χ3v) is 9.91. The van der Waals surface area contributed by atoms with Crippen LogP contribution >= 0.6 is 7.82 Å². The van der Waals surface area contributed by atoms with Crippen molar-refractivity contribution in [2.75, 3.05) is 40.9 Å². The number of hydrogen-bond acceptors (Lipinski definition) is 5. The molecule has 290 valence electrons. The molecule has 0 fully saturated rings. The molecule has 0 aromatic heterocycles. The van der Waals surface area contributed by atoms with Crippen LogP contribution in [0.25, 0.3) is 0 Å². The molecule has 0 aliphatic heterocycles. The first-order valence-corrected chi connectivity index (χ1v) is 21.7. The quantitative estimate of drug-likeness (QED) is 0.0258. The lowest BCUT2D eigenvalue weighted by Gasteiger charge is -2.25. The number of likely N-dealkylation sites (N-methyl/N-ethyl adjacent to an activating group) is 1. The molecular weight excluding hydrogens is 635 g/mol. The number of quaternary nitrogens is 1. The molecule has 3 N–H and O–H groups in total. The standard InChI is InChI=1S/C40H79N2O6P/c1-6-8-10-12-14-16-18-20-21-22-24-26-28-30-32-34-40(44)41-38(37-48-49(45,46)47-36-35-42(3,4)5)39(43)33-31-29-27-25-23-19-17-15-13-11-9-7-2/h23,25,31,33,38-39,43H,6-22,24,26-30,32,34-37H2,1-5H3,(H-,41,44,45,46)/p+1/b25-23+,33-31+/t38-,39+/m0/s1. The highest BCUT2D eigenvalue weighted by Gasteiger charge is 2.27. The van der Waals surface area contributed by atoms with Gasteiger partial charge in [-0.1, -0.05) is 160 Å². The van der Waals surface area contributed by atoms with Crippen LogP contribution in [0.2, 0.25) is 0 Å². The van der Waals surface area contributed by atoms with E-state index >= 15 is 0 Å². The van der Waals surface area contributed by atoms with Crippen molar-refractivity contribution in [3.05, 3.63) is 24.3 Å². The number of carbonyl (C=O) groups is 1. The topological polar surface area (TPSA) is 105 Å². The van der Waals surface area contributed by atoms with Gasteiger partial charge in [-0.15, -0.1) is 0 Å². The molecule has 9 heteroatoms. The summed E-state index contributed by atoms with van der Waals surface area (Å²) in [5.74, 6) is -0.188. The molecule has 0 aliphatic rings. The first-order chi connectivity index (χ1) is 23.5. The number of allylic oxidation sites excluding steroid dienone is 3. The highest BCUT2D eigenvalue weighted by Crippen LogP contribution is 2.43. The number of nitrogens with one attached hydrogen (secondary N) is 1. The molecule has 0 radical (unpaired) electrons. The van der Waals surface area contributed by atoms with Crippen molar-refractivity contribution in [1.29, 1.82) is 0 Å². The lowest BCUT2D eigenvalue weighted by molar-refractivity contribution is -0.870. The van der Waals surface area contributed by atoms with Crippen LogP contribution in [0, 0.1) is 0 Å². The van der Waals surface area contributed by atoms with Crippen LogP contribution in [0.4, 0.5) is 0 Å². The van der Waals surface area contributed by atoms with Crippen LogP contribution in [-0.4, -0.2) is 73.4 Å². The van der Waals surface area contributed by atoms with Gasteiger partial charge in [0.15, 0.2) is 0 Å². The summed E-state index contributed by atoms with van der Waals surface area (Å²) in [6, 6.07) is -0.856. The fourth-order valence-electron chi connectivity index (χ4n) is 5.64. The first-order valence-electron chi connectivity index (χ1n) is 20.2. The molecule has 3 atom stereocenters. The van der Waals surface area contributed by atoms with Gasteiger partial charge in [-0.3, -0.25) is 13.8 Å². The summed E-state index contributed by atoms with van der Waals surface area (Å²) in [5, 5.41) is 13.7. The number of unbranched alkanes of at least 4 members (excludes halogenated alkanes) is 21. The van der Waals surface area contributed by atoms with E-state index in [1.165, 1.54) is 116 Å². The van der Waals surface area contributed by atoms with Gasteiger partial charge in [0.1, 0.15) is 13.2 Å². The second-order valence-corrected chi connectivity index (χ2v) is 16.5.